The number of hydrogen-bond acceptors (Lipinski definition) is 4. The van der Waals surface area contributed by atoms with Gasteiger partial charge in [-0.05, 0) is 67.8 Å². The first kappa shape index (κ1) is 18.0. The van der Waals surface area contributed by atoms with Gasteiger partial charge in [0.1, 0.15) is 5.75 Å². The molecule has 1 aliphatic heterocycles. The normalized spacial score (nSPS) is 15.0. The molecular formula is C21H24N2O3. The smallest absolute Gasteiger partial charge is 0.294 e. The largest absolute Gasteiger partial charge is 0.497 e. The second kappa shape index (κ2) is 8.06. The summed E-state index contributed by atoms with van der Waals surface area (Å²) >= 11 is 0. The van der Waals surface area contributed by atoms with Gasteiger partial charge < -0.3 is 20.1 Å². The molecule has 0 saturated heterocycles. The van der Waals surface area contributed by atoms with Crippen molar-refractivity contribution in [1.82, 2.24) is 0 Å². The molecule has 136 valence electrons. The molecule has 1 amide bonds. The standard InChI is InChI=1S/C21H24N2O3/c1-15-5-10-19-18(13-15)23(12-4-3-11-22)21(24)20(26-19)14-16-6-8-17(25-2)9-7-16/h5-10,13-14H,3-4,11-12,22H2,1-2H3/b20-14+. The van der Waals surface area contributed by atoms with Crippen LogP contribution in [0.4, 0.5) is 5.69 Å². The van der Waals surface area contributed by atoms with Crippen LogP contribution < -0.4 is 20.1 Å². The van der Waals surface area contributed by atoms with Gasteiger partial charge in [-0.15, -0.1) is 0 Å². The molecule has 2 aromatic carbocycles. The minimum absolute atomic E-state index is 0.129. The van der Waals surface area contributed by atoms with Gasteiger partial charge in [0.15, 0.2) is 11.5 Å². The highest BCUT2D eigenvalue weighted by atomic mass is 16.5. The Morgan fingerprint density at radius 3 is 2.62 bits per heavy atom. The second-order valence-electron chi connectivity index (χ2n) is 6.31. The number of nitrogens with zero attached hydrogens (tertiary/aromatic N) is 1. The Kier molecular flexibility index (Phi) is 5.58. The molecule has 0 bridgehead atoms. The summed E-state index contributed by atoms with van der Waals surface area (Å²) in [6, 6.07) is 13.4. The fourth-order valence-corrected chi connectivity index (χ4v) is 2.91. The van der Waals surface area contributed by atoms with Crippen LogP contribution >= 0.6 is 0 Å². The number of nitrogens with two attached hydrogens (primary N) is 1. The maximum atomic E-state index is 13.0. The molecule has 26 heavy (non-hydrogen) atoms. The Bertz CT molecular complexity index is 813. The van der Waals surface area contributed by atoms with E-state index in [1.807, 2.05) is 49.4 Å². The molecule has 0 aliphatic carbocycles. The third-order valence-corrected chi connectivity index (χ3v) is 4.33. The number of rotatable bonds is 6. The highest BCUT2D eigenvalue weighted by Gasteiger charge is 2.30. The van der Waals surface area contributed by atoms with E-state index in [1.54, 1.807) is 18.1 Å². The molecule has 5 heteroatoms. The van der Waals surface area contributed by atoms with Crippen molar-refractivity contribution in [1.29, 1.82) is 0 Å². The minimum Gasteiger partial charge on any atom is -0.497 e. The second-order valence-corrected chi connectivity index (χ2v) is 6.31. The lowest BCUT2D eigenvalue weighted by Gasteiger charge is -2.31. The summed E-state index contributed by atoms with van der Waals surface area (Å²) in [7, 11) is 1.62. The molecular weight excluding hydrogens is 328 g/mol. The molecule has 2 aromatic rings. The maximum Gasteiger partial charge on any atom is 0.294 e. The van der Waals surface area contributed by atoms with E-state index in [2.05, 4.69) is 0 Å². The van der Waals surface area contributed by atoms with Gasteiger partial charge in [0, 0.05) is 6.54 Å². The van der Waals surface area contributed by atoms with Gasteiger partial charge in [-0.25, -0.2) is 0 Å². The highest BCUT2D eigenvalue weighted by molar-refractivity contribution is 6.09. The zero-order valence-corrected chi connectivity index (χ0v) is 15.2. The molecule has 5 nitrogen and oxygen atoms in total. The van der Waals surface area contributed by atoms with E-state index < -0.39 is 0 Å². The van der Waals surface area contributed by atoms with E-state index in [0.717, 1.165) is 35.4 Å². The minimum atomic E-state index is -0.129. The van der Waals surface area contributed by atoms with Crippen LogP contribution in [-0.4, -0.2) is 26.1 Å². The first-order chi connectivity index (χ1) is 12.6. The zero-order chi connectivity index (χ0) is 18.5. The van der Waals surface area contributed by atoms with Crippen molar-refractivity contribution in [3.63, 3.8) is 0 Å². The Labute approximate surface area is 154 Å². The van der Waals surface area contributed by atoms with Gasteiger partial charge in [0.25, 0.3) is 5.91 Å². The monoisotopic (exact) mass is 352 g/mol. The van der Waals surface area contributed by atoms with E-state index in [0.29, 0.717) is 24.6 Å². The lowest BCUT2D eigenvalue weighted by atomic mass is 10.1. The first-order valence-corrected chi connectivity index (χ1v) is 8.78. The van der Waals surface area contributed by atoms with Gasteiger partial charge in [0.05, 0.1) is 12.8 Å². The third-order valence-electron chi connectivity index (χ3n) is 4.33. The average molecular weight is 352 g/mol. The van der Waals surface area contributed by atoms with Crippen LogP contribution in [0.5, 0.6) is 11.5 Å². The Balaban J connectivity index is 1.93. The van der Waals surface area contributed by atoms with E-state index >= 15 is 0 Å². The molecule has 3 rings (SSSR count). The predicted molar refractivity (Wildman–Crippen MR) is 103 cm³/mol. The van der Waals surface area contributed by atoms with Crippen molar-refractivity contribution in [3.05, 3.63) is 59.4 Å². The Hall–Kier alpha value is -2.79. The average Bonchev–Trinajstić information content (AvgIpc) is 2.65. The Morgan fingerprint density at radius 2 is 1.92 bits per heavy atom. The first-order valence-electron chi connectivity index (χ1n) is 8.78. The van der Waals surface area contributed by atoms with Gasteiger partial charge in [0.2, 0.25) is 0 Å². The Morgan fingerprint density at radius 1 is 1.15 bits per heavy atom. The van der Waals surface area contributed by atoms with Crippen LogP contribution in [-0.2, 0) is 4.79 Å². The van der Waals surface area contributed by atoms with Gasteiger partial charge in [-0.1, -0.05) is 18.2 Å². The zero-order valence-electron chi connectivity index (χ0n) is 15.2. The van der Waals surface area contributed by atoms with Crippen molar-refractivity contribution < 1.29 is 14.3 Å². The van der Waals surface area contributed by atoms with Crippen LogP contribution in [0, 0.1) is 6.92 Å². The topological polar surface area (TPSA) is 64.8 Å². The maximum absolute atomic E-state index is 13.0. The molecule has 2 N–H and O–H groups in total. The van der Waals surface area contributed by atoms with Crippen molar-refractivity contribution in [3.8, 4) is 11.5 Å². The molecule has 0 fully saturated rings. The van der Waals surface area contributed by atoms with Gasteiger partial charge in [-0.2, -0.15) is 0 Å². The van der Waals surface area contributed by atoms with Gasteiger partial charge in [-0.3, -0.25) is 4.79 Å². The number of anilines is 1. The predicted octanol–water partition coefficient (Wildman–Crippen LogP) is 3.51. The van der Waals surface area contributed by atoms with Crippen molar-refractivity contribution >= 4 is 17.7 Å². The van der Waals surface area contributed by atoms with E-state index in [9.17, 15) is 4.79 Å². The fourth-order valence-electron chi connectivity index (χ4n) is 2.91. The molecule has 1 aliphatic rings. The van der Waals surface area contributed by atoms with E-state index in [-0.39, 0.29) is 5.91 Å². The number of amides is 1. The molecule has 0 atom stereocenters. The summed E-state index contributed by atoms with van der Waals surface area (Å²) in [5.41, 5.74) is 8.39. The number of unbranched alkanes of at least 4 members (excludes halogenated alkanes) is 1. The van der Waals surface area contributed by atoms with E-state index in [1.165, 1.54) is 0 Å². The van der Waals surface area contributed by atoms with Gasteiger partial charge >= 0.3 is 0 Å². The molecule has 0 spiro atoms. The number of carbonyl (C=O) groups excluding carboxylic acids is 1. The summed E-state index contributed by atoms with van der Waals surface area (Å²) < 4.78 is 11.1. The summed E-state index contributed by atoms with van der Waals surface area (Å²) in [5, 5.41) is 0. The van der Waals surface area contributed by atoms with Crippen LogP contribution in [0.1, 0.15) is 24.0 Å². The number of ether oxygens (including phenoxy) is 2. The number of fused-ring (bicyclic) bond motifs is 1. The molecule has 0 radical (unpaired) electrons. The van der Waals surface area contributed by atoms with Crippen LogP contribution in [0.15, 0.2) is 48.2 Å². The number of benzene rings is 2. The number of aryl methyl sites for hydroxylation is 1. The number of carbonyl (C=O) groups is 1. The highest BCUT2D eigenvalue weighted by Crippen LogP contribution is 2.36. The SMILES string of the molecule is COc1ccc(/C=C2/Oc3ccc(C)cc3N(CCCCN)C2=O)cc1. The summed E-state index contributed by atoms with van der Waals surface area (Å²) in [6.07, 6.45) is 3.50. The van der Waals surface area contributed by atoms with Crippen molar-refractivity contribution in [2.24, 2.45) is 5.73 Å². The van der Waals surface area contributed by atoms with Crippen LogP contribution in [0.25, 0.3) is 6.08 Å². The summed E-state index contributed by atoms with van der Waals surface area (Å²) in [5.74, 6) is 1.66. The van der Waals surface area contributed by atoms with Crippen LogP contribution in [0.3, 0.4) is 0 Å². The molecule has 0 unspecified atom stereocenters. The molecule has 0 saturated carbocycles. The summed E-state index contributed by atoms with van der Waals surface area (Å²) in [6.45, 7) is 3.25. The summed E-state index contributed by atoms with van der Waals surface area (Å²) in [4.78, 5) is 14.8. The van der Waals surface area contributed by atoms with Crippen molar-refractivity contribution in [2.75, 3.05) is 25.1 Å². The van der Waals surface area contributed by atoms with Crippen molar-refractivity contribution in [2.45, 2.75) is 19.8 Å². The lowest BCUT2D eigenvalue weighted by molar-refractivity contribution is -0.117. The fraction of sp³-hybridized carbons (Fsp3) is 0.286. The quantitative estimate of drug-likeness (QED) is 0.638. The lowest BCUT2D eigenvalue weighted by Crippen LogP contribution is -2.38. The number of methoxy groups -OCH3 is 1. The van der Waals surface area contributed by atoms with Crippen LogP contribution in [0.2, 0.25) is 0 Å². The molecule has 1 heterocycles. The van der Waals surface area contributed by atoms with E-state index in [4.69, 9.17) is 15.2 Å². The number of hydrogen-bond donors (Lipinski definition) is 1. The third kappa shape index (κ3) is 3.89. The molecule has 0 aromatic heterocycles.